The van der Waals surface area contributed by atoms with Crippen LogP contribution in [0.5, 0.6) is 0 Å². The molecule has 1 saturated heterocycles. The second kappa shape index (κ2) is 6.38. The minimum atomic E-state index is -2.46. The van der Waals surface area contributed by atoms with Crippen molar-refractivity contribution in [1.82, 2.24) is 4.90 Å². The van der Waals surface area contributed by atoms with Crippen LogP contribution in [0.3, 0.4) is 0 Å². The van der Waals surface area contributed by atoms with Crippen LogP contribution in [0.4, 0.5) is 8.78 Å². The highest BCUT2D eigenvalue weighted by molar-refractivity contribution is 7.98. The molecule has 7 heteroatoms. The van der Waals surface area contributed by atoms with Gasteiger partial charge < -0.3 is 14.4 Å². The van der Waals surface area contributed by atoms with Crippen molar-refractivity contribution in [3.8, 4) is 0 Å². The van der Waals surface area contributed by atoms with Crippen LogP contribution in [0.25, 0.3) is 0 Å². The number of rotatable bonds is 5. The lowest BCUT2D eigenvalue weighted by Crippen LogP contribution is -2.37. The summed E-state index contributed by atoms with van der Waals surface area (Å²) in [6.45, 7) is 0.520. The van der Waals surface area contributed by atoms with Crippen LogP contribution in [0.1, 0.15) is 29.2 Å². The summed E-state index contributed by atoms with van der Waals surface area (Å²) in [6, 6.07) is 2.86. The van der Waals surface area contributed by atoms with Gasteiger partial charge in [0, 0.05) is 6.54 Å². The Balaban J connectivity index is 1.99. The van der Waals surface area contributed by atoms with E-state index < -0.39 is 5.76 Å². The molecule has 0 bridgehead atoms. The molecule has 0 aromatic carbocycles. The van der Waals surface area contributed by atoms with Gasteiger partial charge in [-0.3, -0.25) is 4.79 Å². The van der Waals surface area contributed by atoms with Gasteiger partial charge in [0.2, 0.25) is 0 Å². The van der Waals surface area contributed by atoms with Gasteiger partial charge in [-0.2, -0.15) is 8.78 Å². The molecule has 1 aromatic rings. The minimum absolute atomic E-state index is 0.0361. The Morgan fingerprint density at radius 3 is 3.05 bits per heavy atom. The highest BCUT2D eigenvalue weighted by Crippen LogP contribution is 2.24. The van der Waals surface area contributed by atoms with Crippen molar-refractivity contribution in [3.05, 3.63) is 23.7 Å². The molecule has 0 unspecified atom stereocenters. The molecular formula is C12H15F2NO3S. The maximum atomic E-state index is 12.1. The highest BCUT2D eigenvalue weighted by Gasteiger charge is 2.30. The molecule has 1 N–H and O–H groups in total. The van der Waals surface area contributed by atoms with Crippen LogP contribution in [0.2, 0.25) is 0 Å². The third kappa shape index (κ3) is 3.48. The lowest BCUT2D eigenvalue weighted by Gasteiger charge is -2.21. The van der Waals surface area contributed by atoms with E-state index in [9.17, 15) is 18.7 Å². The smallest absolute Gasteiger partial charge is 0.289 e. The zero-order chi connectivity index (χ0) is 13.8. The first-order valence-corrected chi connectivity index (χ1v) is 7.07. The second-order valence-corrected chi connectivity index (χ2v) is 5.29. The number of aliphatic hydroxyl groups excluding tert-OH is 1. The second-order valence-electron chi connectivity index (χ2n) is 4.31. The van der Waals surface area contributed by atoms with Crippen molar-refractivity contribution in [2.75, 3.05) is 13.2 Å². The maximum Gasteiger partial charge on any atom is 0.289 e. The molecule has 1 amide bonds. The van der Waals surface area contributed by atoms with Crippen molar-refractivity contribution in [2.24, 2.45) is 0 Å². The predicted molar refractivity (Wildman–Crippen MR) is 67.2 cm³/mol. The molecule has 2 rings (SSSR count). The van der Waals surface area contributed by atoms with Crippen molar-refractivity contribution >= 4 is 17.7 Å². The standard InChI is InChI=1S/C12H15F2NO3S/c13-12(14)19-7-9-3-4-10(18-9)11(17)15-5-1-2-8(15)6-16/h3-4,8,12,16H,1-2,5-7H2/t8-/m0/s1. The Hall–Kier alpha value is -1.08. The van der Waals surface area contributed by atoms with Crippen molar-refractivity contribution in [3.63, 3.8) is 0 Å². The number of aliphatic hydroxyl groups is 1. The van der Waals surface area contributed by atoms with E-state index in [0.29, 0.717) is 24.1 Å². The fourth-order valence-electron chi connectivity index (χ4n) is 2.15. The lowest BCUT2D eigenvalue weighted by molar-refractivity contribution is 0.0644. The normalized spacial score (nSPS) is 19.4. The summed E-state index contributed by atoms with van der Waals surface area (Å²) in [5, 5.41) is 9.17. The number of furan rings is 1. The number of nitrogens with zero attached hydrogens (tertiary/aromatic N) is 1. The largest absolute Gasteiger partial charge is 0.455 e. The predicted octanol–water partition coefficient (Wildman–Crippen LogP) is 2.33. The number of thioether (sulfide) groups is 1. The fraction of sp³-hybridized carbons (Fsp3) is 0.583. The summed E-state index contributed by atoms with van der Waals surface area (Å²) >= 11 is 0.455. The quantitative estimate of drug-likeness (QED) is 0.904. The Bertz CT molecular complexity index is 438. The SMILES string of the molecule is O=C(c1ccc(CSC(F)F)o1)N1CCC[C@H]1CO. The summed E-state index contributed by atoms with van der Waals surface area (Å²) in [7, 11) is 0. The lowest BCUT2D eigenvalue weighted by atomic mass is 10.2. The molecule has 0 spiro atoms. The number of halogens is 2. The van der Waals surface area contributed by atoms with Crippen LogP contribution in [0, 0.1) is 0 Å². The zero-order valence-corrected chi connectivity index (χ0v) is 11.0. The van der Waals surface area contributed by atoms with E-state index in [1.165, 1.54) is 12.1 Å². The summed E-state index contributed by atoms with van der Waals surface area (Å²) in [6.07, 6.45) is 1.63. The van der Waals surface area contributed by atoms with Crippen LogP contribution in [-0.2, 0) is 5.75 Å². The van der Waals surface area contributed by atoms with Gasteiger partial charge in [0.05, 0.1) is 18.4 Å². The Kier molecular flexibility index (Phi) is 4.81. The summed E-state index contributed by atoms with van der Waals surface area (Å²) in [4.78, 5) is 13.7. The van der Waals surface area contributed by atoms with E-state index in [2.05, 4.69) is 0 Å². The molecule has 1 aliphatic heterocycles. The fourth-order valence-corrected chi connectivity index (χ4v) is 2.60. The van der Waals surface area contributed by atoms with E-state index in [1.807, 2.05) is 0 Å². The summed E-state index contributed by atoms with van der Waals surface area (Å²) in [5.41, 5.74) is 0. The monoisotopic (exact) mass is 291 g/mol. The highest BCUT2D eigenvalue weighted by atomic mass is 32.2. The zero-order valence-electron chi connectivity index (χ0n) is 10.2. The van der Waals surface area contributed by atoms with Gasteiger partial charge in [-0.25, -0.2) is 0 Å². The molecule has 0 aliphatic carbocycles. The average Bonchev–Trinajstić information content (AvgIpc) is 3.04. The number of hydrogen-bond donors (Lipinski definition) is 1. The summed E-state index contributed by atoms with van der Waals surface area (Å²) in [5.74, 6) is -2.21. The van der Waals surface area contributed by atoms with Gasteiger partial charge in [-0.1, -0.05) is 11.8 Å². The third-order valence-electron chi connectivity index (χ3n) is 3.07. The van der Waals surface area contributed by atoms with Crippen molar-refractivity contribution < 1.29 is 23.1 Å². The molecular weight excluding hydrogens is 276 g/mol. The van der Waals surface area contributed by atoms with Gasteiger partial charge >= 0.3 is 0 Å². The first-order valence-electron chi connectivity index (χ1n) is 6.02. The molecule has 2 heterocycles. The van der Waals surface area contributed by atoms with Crippen molar-refractivity contribution in [2.45, 2.75) is 30.4 Å². The molecule has 1 atom stereocenters. The van der Waals surface area contributed by atoms with Crippen molar-refractivity contribution in [1.29, 1.82) is 0 Å². The third-order valence-corrected chi connectivity index (χ3v) is 3.78. The molecule has 106 valence electrons. The van der Waals surface area contributed by atoms with E-state index in [4.69, 9.17) is 4.42 Å². The number of hydrogen-bond acceptors (Lipinski definition) is 4. The summed E-state index contributed by atoms with van der Waals surface area (Å²) < 4.78 is 29.4. The maximum absolute atomic E-state index is 12.1. The van der Waals surface area contributed by atoms with Gasteiger partial charge in [0.25, 0.3) is 11.7 Å². The molecule has 0 radical (unpaired) electrons. The van der Waals surface area contributed by atoms with E-state index in [0.717, 1.165) is 12.8 Å². The van der Waals surface area contributed by atoms with Crippen LogP contribution in [0.15, 0.2) is 16.5 Å². The number of likely N-dealkylation sites (tertiary alicyclic amines) is 1. The van der Waals surface area contributed by atoms with Crippen LogP contribution >= 0.6 is 11.8 Å². The van der Waals surface area contributed by atoms with E-state index in [-0.39, 0.29) is 30.1 Å². The number of alkyl halides is 2. The van der Waals surface area contributed by atoms with E-state index >= 15 is 0 Å². The van der Waals surface area contributed by atoms with E-state index in [1.54, 1.807) is 4.90 Å². The van der Waals surface area contributed by atoms with Gasteiger partial charge in [0.15, 0.2) is 5.76 Å². The Labute approximate surface area is 113 Å². The molecule has 0 saturated carbocycles. The Morgan fingerprint density at radius 2 is 2.37 bits per heavy atom. The topological polar surface area (TPSA) is 53.7 Å². The average molecular weight is 291 g/mol. The minimum Gasteiger partial charge on any atom is -0.455 e. The van der Waals surface area contributed by atoms with Crippen LogP contribution in [-0.4, -0.2) is 40.9 Å². The molecule has 19 heavy (non-hydrogen) atoms. The first-order chi connectivity index (χ1) is 9.11. The molecule has 1 aliphatic rings. The van der Waals surface area contributed by atoms with Gasteiger partial charge in [0.1, 0.15) is 5.76 Å². The van der Waals surface area contributed by atoms with Gasteiger partial charge in [-0.15, -0.1) is 0 Å². The molecule has 4 nitrogen and oxygen atoms in total. The molecule has 1 fully saturated rings. The molecule has 1 aromatic heterocycles. The Morgan fingerprint density at radius 1 is 1.58 bits per heavy atom. The number of amides is 1. The first kappa shape index (κ1) is 14.3. The van der Waals surface area contributed by atoms with Gasteiger partial charge in [-0.05, 0) is 25.0 Å². The number of carbonyl (C=O) groups is 1. The number of carbonyl (C=O) groups excluding carboxylic acids is 1. The van der Waals surface area contributed by atoms with Crippen LogP contribution < -0.4 is 0 Å².